The second-order valence-electron chi connectivity index (χ2n) is 3.57. The zero-order valence-corrected chi connectivity index (χ0v) is 12.0. The molecule has 0 aromatic heterocycles. The van der Waals surface area contributed by atoms with Crippen LogP contribution >= 0.6 is 27.7 Å². The molecule has 16 heavy (non-hydrogen) atoms. The zero-order chi connectivity index (χ0) is 11.8. The van der Waals surface area contributed by atoms with Gasteiger partial charge in [0.05, 0.1) is 0 Å². The van der Waals surface area contributed by atoms with Gasteiger partial charge in [-0.25, -0.2) is 0 Å². The molecule has 1 rings (SSSR count). The molecular weight excluding hydrogens is 284 g/mol. The Hall–Kier alpha value is -0.190. The fraction of sp³-hybridized carbons (Fsp3) is 0.500. The minimum atomic E-state index is 0.375. The van der Waals surface area contributed by atoms with Crippen LogP contribution in [0.1, 0.15) is 13.3 Å². The molecule has 1 aromatic rings. The van der Waals surface area contributed by atoms with Crippen molar-refractivity contribution in [2.75, 3.05) is 23.4 Å². The SMILES string of the molecule is CCSCCC(CN)Nc1ccc(Br)cc1. The van der Waals surface area contributed by atoms with Crippen molar-refractivity contribution in [1.29, 1.82) is 0 Å². The van der Waals surface area contributed by atoms with Gasteiger partial charge in [-0.1, -0.05) is 22.9 Å². The van der Waals surface area contributed by atoms with Gasteiger partial charge in [-0.2, -0.15) is 11.8 Å². The average Bonchev–Trinajstić information content (AvgIpc) is 2.31. The van der Waals surface area contributed by atoms with Crippen molar-refractivity contribution in [2.24, 2.45) is 5.73 Å². The summed E-state index contributed by atoms with van der Waals surface area (Å²) < 4.78 is 1.10. The van der Waals surface area contributed by atoms with E-state index in [9.17, 15) is 0 Å². The Morgan fingerprint density at radius 3 is 2.62 bits per heavy atom. The Bertz CT molecular complexity index is 290. The number of thioether (sulfide) groups is 1. The van der Waals surface area contributed by atoms with Gasteiger partial charge < -0.3 is 11.1 Å². The molecule has 0 spiro atoms. The molecule has 90 valence electrons. The second kappa shape index (κ2) is 7.98. The Morgan fingerprint density at radius 2 is 2.06 bits per heavy atom. The number of hydrogen-bond donors (Lipinski definition) is 2. The van der Waals surface area contributed by atoms with E-state index in [1.165, 1.54) is 11.5 Å². The van der Waals surface area contributed by atoms with E-state index in [1.54, 1.807) is 0 Å². The van der Waals surface area contributed by atoms with Crippen LogP contribution in [0.3, 0.4) is 0 Å². The van der Waals surface area contributed by atoms with E-state index in [-0.39, 0.29) is 0 Å². The minimum absolute atomic E-state index is 0.375. The molecule has 0 aliphatic rings. The van der Waals surface area contributed by atoms with Crippen LogP contribution in [0.25, 0.3) is 0 Å². The Labute approximate surface area is 111 Å². The maximum Gasteiger partial charge on any atom is 0.0391 e. The number of nitrogens with one attached hydrogen (secondary N) is 1. The molecule has 1 unspecified atom stereocenters. The van der Waals surface area contributed by atoms with Crippen LogP contribution in [0.4, 0.5) is 5.69 Å². The summed E-state index contributed by atoms with van der Waals surface area (Å²) in [6, 6.07) is 8.59. The van der Waals surface area contributed by atoms with E-state index in [0.717, 1.165) is 16.6 Å². The van der Waals surface area contributed by atoms with Crippen molar-refractivity contribution in [3.05, 3.63) is 28.7 Å². The second-order valence-corrected chi connectivity index (χ2v) is 5.88. The molecule has 0 fully saturated rings. The quantitative estimate of drug-likeness (QED) is 0.759. The first kappa shape index (κ1) is 13.9. The maximum absolute atomic E-state index is 5.75. The van der Waals surface area contributed by atoms with E-state index >= 15 is 0 Å². The van der Waals surface area contributed by atoms with E-state index in [0.29, 0.717) is 12.6 Å². The van der Waals surface area contributed by atoms with Crippen molar-refractivity contribution in [2.45, 2.75) is 19.4 Å². The normalized spacial score (nSPS) is 12.4. The molecule has 0 saturated heterocycles. The summed E-state index contributed by atoms with van der Waals surface area (Å²) in [4.78, 5) is 0. The lowest BCUT2D eigenvalue weighted by Gasteiger charge is -2.17. The van der Waals surface area contributed by atoms with Crippen molar-refractivity contribution in [1.82, 2.24) is 0 Å². The largest absolute Gasteiger partial charge is 0.381 e. The molecule has 0 amide bonds. The first-order valence-electron chi connectivity index (χ1n) is 5.56. The fourth-order valence-electron chi connectivity index (χ4n) is 1.40. The summed E-state index contributed by atoms with van der Waals surface area (Å²) in [7, 11) is 0. The monoisotopic (exact) mass is 302 g/mol. The smallest absolute Gasteiger partial charge is 0.0391 e. The van der Waals surface area contributed by atoms with Crippen molar-refractivity contribution in [3.63, 3.8) is 0 Å². The van der Waals surface area contributed by atoms with Crippen LogP contribution in [-0.2, 0) is 0 Å². The molecule has 0 radical (unpaired) electrons. The third kappa shape index (κ3) is 5.23. The molecule has 2 nitrogen and oxygen atoms in total. The van der Waals surface area contributed by atoms with Gasteiger partial charge in [-0.3, -0.25) is 0 Å². The number of rotatable bonds is 7. The van der Waals surface area contributed by atoms with Gasteiger partial charge in [0.25, 0.3) is 0 Å². The van der Waals surface area contributed by atoms with Gasteiger partial charge in [0.1, 0.15) is 0 Å². The highest BCUT2D eigenvalue weighted by Gasteiger charge is 2.05. The zero-order valence-electron chi connectivity index (χ0n) is 9.58. The molecule has 0 aliphatic heterocycles. The van der Waals surface area contributed by atoms with Crippen LogP contribution in [0, 0.1) is 0 Å². The highest BCUT2D eigenvalue weighted by atomic mass is 79.9. The van der Waals surface area contributed by atoms with E-state index in [4.69, 9.17) is 5.73 Å². The minimum Gasteiger partial charge on any atom is -0.381 e. The topological polar surface area (TPSA) is 38.0 Å². The average molecular weight is 303 g/mol. The van der Waals surface area contributed by atoms with Gasteiger partial charge in [-0.05, 0) is 42.2 Å². The fourth-order valence-corrected chi connectivity index (χ4v) is 2.40. The number of anilines is 1. The summed E-state index contributed by atoms with van der Waals surface area (Å²) >= 11 is 5.39. The van der Waals surface area contributed by atoms with Gasteiger partial charge in [0.15, 0.2) is 0 Å². The summed E-state index contributed by atoms with van der Waals surface area (Å²) in [6.45, 7) is 2.87. The first-order valence-corrected chi connectivity index (χ1v) is 7.51. The standard InChI is InChI=1S/C12H19BrN2S/c1-2-16-8-7-12(9-14)15-11-5-3-10(13)4-6-11/h3-6,12,15H,2,7-9,14H2,1H3. The molecule has 0 heterocycles. The number of nitrogens with two attached hydrogens (primary N) is 1. The molecule has 1 atom stereocenters. The number of halogens is 1. The first-order chi connectivity index (χ1) is 7.76. The predicted octanol–water partition coefficient (Wildman–Crippen LogP) is 3.33. The van der Waals surface area contributed by atoms with Crippen molar-refractivity contribution >= 4 is 33.4 Å². The lowest BCUT2D eigenvalue weighted by Crippen LogP contribution is -2.29. The molecule has 1 aromatic carbocycles. The lowest BCUT2D eigenvalue weighted by molar-refractivity contribution is 0.709. The molecule has 0 saturated carbocycles. The molecule has 0 aliphatic carbocycles. The van der Waals surface area contributed by atoms with Gasteiger partial charge in [-0.15, -0.1) is 0 Å². The van der Waals surface area contributed by atoms with Crippen LogP contribution in [0.15, 0.2) is 28.7 Å². The van der Waals surface area contributed by atoms with Crippen LogP contribution in [0.2, 0.25) is 0 Å². The van der Waals surface area contributed by atoms with Gasteiger partial charge in [0.2, 0.25) is 0 Å². The third-order valence-electron chi connectivity index (χ3n) is 2.31. The predicted molar refractivity (Wildman–Crippen MR) is 78.2 cm³/mol. The van der Waals surface area contributed by atoms with Crippen molar-refractivity contribution < 1.29 is 0 Å². The molecule has 3 N–H and O–H groups in total. The van der Waals surface area contributed by atoms with Crippen LogP contribution in [-0.4, -0.2) is 24.1 Å². The number of benzene rings is 1. The lowest BCUT2D eigenvalue weighted by atomic mass is 10.2. The molecular formula is C12H19BrN2S. The van der Waals surface area contributed by atoms with E-state index in [2.05, 4.69) is 40.3 Å². The summed E-state index contributed by atoms with van der Waals surface area (Å²) in [5.41, 5.74) is 6.89. The summed E-state index contributed by atoms with van der Waals surface area (Å²) in [5.74, 6) is 2.34. The summed E-state index contributed by atoms with van der Waals surface area (Å²) in [6.07, 6.45) is 1.12. The highest BCUT2D eigenvalue weighted by molar-refractivity contribution is 9.10. The Morgan fingerprint density at radius 1 is 1.38 bits per heavy atom. The Balaban J connectivity index is 2.40. The maximum atomic E-state index is 5.75. The Kier molecular flexibility index (Phi) is 6.92. The molecule has 4 heteroatoms. The van der Waals surface area contributed by atoms with E-state index in [1.807, 2.05) is 23.9 Å². The highest BCUT2D eigenvalue weighted by Crippen LogP contribution is 2.16. The summed E-state index contributed by atoms with van der Waals surface area (Å²) in [5, 5.41) is 3.46. The van der Waals surface area contributed by atoms with Gasteiger partial charge in [0, 0.05) is 22.7 Å². The third-order valence-corrected chi connectivity index (χ3v) is 3.78. The van der Waals surface area contributed by atoms with Crippen LogP contribution in [0.5, 0.6) is 0 Å². The van der Waals surface area contributed by atoms with Crippen LogP contribution < -0.4 is 11.1 Å². The number of hydrogen-bond acceptors (Lipinski definition) is 3. The van der Waals surface area contributed by atoms with E-state index < -0.39 is 0 Å². The van der Waals surface area contributed by atoms with Crippen molar-refractivity contribution in [3.8, 4) is 0 Å². The van der Waals surface area contributed by atoms with Gasteiger partial charge >= 0.3 is 0 Å². The molecule has 0 bridgehead atoms.